The van der Waals surface area contributed by atoms with Gasteiger partial charge in [0.25, 0.3) is 5.69 Å². The van der Waals surface area contributed by atoms with E-state index in [-0.39, 0.29) is 38.8 Å². The molecule has 0 saturated heterocycles. The fourth-order valence-electron chi connectivity index (χ4n) is 2.99. The largest absolute Gasteiger partial charge is 0.272 e. The third kappa shape index (κ3) is 3.84. The van der Waals surface area contributed by atoms with Crippen LogP contribution in [-0.4, -0.2) is 27.5 Å². The lowest BCUT2D eigenvalue weighted by Crippen LogP contribution is -2.34. The third-order valence-corrected chi connectivity index (χ3v) is 7.85. The lowest BCUT2D eigenvalue weighted by atomic mass is 10.1. The highest BCUT2D eigenvalue weighted by Gasteiger charge is 2.33. The van der Waals surface area contributed by atoms with Crippen LogP contribution in [0.15, 0.2) is 46.2 Å². The number of nitro groups is 1. The van der Waals surface area contributed by atoms with E-state index in [1.165, 1.54) is 31.2 Å². The maximum absolute atomic E-state index is 12.7. The van der Waals surface area contributed by atoms with Crippen LogP contribution in [0.1, 0.15) is 23.6 Å². The van der Waals surface area contributed by atoms with Crippen molar-refractivity contribution < 1.29 is 21.8 Å². The van der Waals surface area contributed by atoms with Gasteiger partial charge in [0.2, 0.25) is 10.0 Å². The summed E-state index contributed by atoms with van der Waals surface area (Å²) in [5, 5.41) is 11.2. The van der Waals surface area contributed by atoms with E-state index in [1.807, 2.05) is 0 Å². The highest BCUT2D eigenvalue weighted by atomic mass is 35.5. The number of fused-ring (bicyclic) bond motifs is 1. The molecule has 0 radical (unpaired) electrons. The van der Waals surface area contributed by atoms with E-state index in [9.17, 15) is 26.9 Å². The summed E-state index contributed by atoms with van der Waals surface area (Å²) in [5.74, 6) is -0.200. The fraction of sp³-hybridized carbons (Fsp3) is 0.250. The summed E-state index contributed by atoms with van der Waals surface area (Å²) >= 11 is 5.96. The molecule has 11 heteroatoms. The van der Waals surface area contributed by atoms with E-state index < -0.39 is 30.8 Å². The van der Waals surface area contributed by atoms with Crippen molar-refractivity contribution in [3.05, 3.63) is 62.7 Å². The van der Waals surface area contributed by atoms with Crippen LogP contribution in [0.5, 0.6) is 0 Å². The van der Waals surface area contributed by atoms with Crippen molar-refractivity contribution in [3.63, 3.8) is 0 Å². The number of nitro benzene ring substituents is 1. The Morgan fingerprint density at radius 1 is 1.22 bits per heavy atom. The number of nitrogens with zero attached hydrogens (tertiary/aromatic N) is 1. The zero-order valence-corrected chi connectivity index (χ0v) is 16.4. The molecule has 0 aromatic heterocycles. The number of benzene rings is 2. The summed E-state index contributed by atoms with van der Waals surface area (Å²) in [6, 6.07) is 6.94. The molecule has 1 aliphatic rings. The van der Waals surface area contributed by atoms with Crippen molar-refractivity contribution in [1.82, 2.24) is 4.72 Å². The fourth-order valence-corrected chi connectivity index (χ4v) is 6.11. The molecule has 0 amide bonds. The van der Waals surface area contributed by atoms with E-state index in [0.717, 1.165) is 12.1 Å². The molecule has 0 fully saturated rings. The smallest absolute Gasteiger partial charge is 0.258 e. The van der Waals surface area contributed by atoms with Crippen molar-refractivity contribution in [2.24, 2.45) is 0 Å². The van der Waals surface area contributed by atoms with Gasteiger partial charge in [-0.2, -0.15) is 0 Å². The van der Waals surface area contributed by atoms with Crippen LogP contribution in [0, 0.1) is 17.0 Å². The van der Waals surface area contributed by atoms with Crippen molar-refractivity contribution >= 4 is 37.1 Å². The number of halogens is 1. The zero-order valence-electron chi connectivity index (χ0n) is 14.0. The minimum Gasteiger partial charge on any atom is -0.258 e. The molecule has 1 unspecified atom stereocenters. The SMILES string of the molecule is Cc1cc(S(=O)(=O)NC2CCS(=O)(=O)c3ccc(Cl)cc32)ccc1[N+](=O)[O-]. The van der Waals surface area contributed by atoms with E-state index in [0.29, 0.717) is 5.02 Å². The standard InChI is InChI=1S/C16H15ClN2O6S2/c1-10-8-12(3-4-15(10)19(20)21)27(24,25)18-14-6-7-26(22,23)16-5-2-11(17)9-13(14)16/h2-5,8-9,14,18H,6-7H2,1H3. The van der Waals surface area contributed by atoms with Gasteiger partial charge in [-0.15, -0.1) is 0 Å². The van der Waals surface area contributed by atoms with Crippen molar-refractivity contribution in [2.75, 3.05) is 5.75 Å². The molecule has 2 aromatic carbocycles. The molecule has 1 N–H and O–H groups in total. The van der Waals surface area contributed by atoms with Gasteiger partial charge < -0.3 is 0 Å². The number of rotatable bonds is 4. The minimum absolute atomic E-state index is 0.0470. The normalized spacial score (nSPS) is 18.7. The minimum atomic E-state index is -4.03. The summed E-state index contributed by atoms with van der Waals surface area (Å²) < 4.78 is 52.4. The maximum Gasteiger partial charge on any atom is 0.272 e. The number of sulfone groups is 1. The average molecular weight is 431 g/mol. The van der Waals surface area contributed by atoms with Gasteiger partial charge in [0.1, 0.15) is 0 Å². The highest BCUT2D eigenvalue weighted by Crippen LogP contribution is 2.35. The molecule has 27 heavy (non-hydrogen) atoms. The lowest BCUT2D eigenvalue weighted by molar-refractivity contribution is -0.385. The third-order valence-electron chi connectivity index (χ3n) is 4.33. The van der Waals surface area contributed by atoms with Crippen LogP contribution in [0.4, 0.5) is 5.69 Å². The van der Waals surface area contributed by atoms with Crippen LogP contribution >= 0.6 is 11.6 Å². The summed E-state index contributed by atoms with van der Waals surface area (Å²) in [5.41, 5.74) is 0.309. The Balaban J connectivity index is 1.99. The quantitative estimate of drug-likeness (QED) is 0.587. The molecule has 1 heterocycles. The topological polar surface area (TPSA) is 123 Å². The first-order valence-corrected chi connectivity index (χ1v) is 11.3. The molecule has 0 bridgehead atoms. The van der Waals surface area contributed by atoms with Gasteiger partial charge in [0, 0.05) is 22.7 Å². The second-order valence-electron chi connectivity index (χ2n) is 6.17. The molecule has 0 saturated carbocycles. The average Bonchev–Trinajstić information content (AvgIpc) is 2.57. The second-order valence-corrected chi connectivity index (χ2v) is 10.4. The number of hydrogen-bond donors (Lipinski definition) is 1. The van der Waals surface area contributed by atoms with Gasteiger partial charge in [-0.05, 0) is 49.2 Å². The molecule has 2 aromatic rings. The van der Waals surface area contributed by atoms with E-state index in [1.54, 1.807) is 0 Å². The van der Waals surface area contributed by atoms with Crippen molar-refractivity contribution in [2.45, 2.75) is 29.2 Å². The summed E-state index contributed by atoms with van der Waals surface area (Å²) in [7, 11) is -7.53. The first kappa shape index (κ1) is 19.7. The number of hydrogen-bond acceptors (Lipinski definition) is 6. The summed E-state index contributed by atoms with van der Waals surface area (Å²) in [6.07, 6.45) is 0.0564. The first-order chi connectivity index (χ1) is 12.5. The van der Waals surface area contributed by atoms with Crippen LogP contribution in [0.2, 0.25) is 5.02 Å². The molecule has 0 spiro atoms. The Labute approximate surface area is 161 Å². The Morgan fingerprint density at radius 3 is 2.56 bits per heavy atom. The predicted octanol–water partition coefficient (Wildman–Crippen LogP) is 2.75. The molecule has 0 aliphatic carbocycles. The van der Waals surface area contributed by atoms with Crippen molar-refractivity contribution in [1.29, 1.82) is 0 Å². The Bertz CT molecular complexity index is 1150. The number of nitrogens with one attached hydrogen (secondary N) is 1. The monoisotopic (exact) mass is 430 g/mol. The molecule has 144 valence electrons. The maximum atomic E-state index is 12.7. The Morgan fingerprint density at radius 2 is 1.93 bits per heavy atom. The molecular weight excluding hydrogens is 416 g/mol. The zero-order chi connectivity index (χ0) is 20.0. The Hall–Kier alpha value is -2.01. The summed E-state index contributed by atoms with van der Waals surface area (Å²) in [4.78, 5) is 10.2. The van der Waals surface area contributed by atoms with Crippen LogP contribution in [0.3, 0.4) is 0 Å². The number of aryl methyl sites for hydroxylation is 1. The first-order valence-electron chi connectivity index (χ1n) is 7.81. The van der Waals surface area contributed by atoms with Gasteiger partial charge >= 0.3 is 0 Å². The highest BCUT2D eigenvalue weighted by molar-refractivity contribution is 7.91. The second kappa shape index (κ2) is 6.86. The van der Waals surface area contributed by atoms with Gasteiger partial charge in [0.05, 0.1) is 20.5 Å². The Kier molecular flexibility index (Phi) is 5.02. The molecule has 1 aliphatic heterocycles. The van der Waals surface area contributed by atoms with Crippen LogP contribution < -0.4 is 4.72 Å². The van der Waals surface area contributed by atoms with E-state index >= 15 is 0 Å². The predicted molar refractivity (Wildman–Crippen MR) is 99.0 cm³/mol. The summed E-state index contributed by atoms with van der Waals surface area (Å²) in [6.45, 7) is 1.44. The molecule has 3 rings (SSSR count). The van der Waals surface area contributed by atoms with Gasteiger partial charge in [-0.3, -0.25) is 10.1 Å². The number of sulfonamides is 1. The van der Waals surface area contributed by atoms with Crippen molar-refractivity contribution in [3.8, 4) is 0 Å². The lowest BCUT2D eigenvalue weighted by Gasteiger charge is -2.26. The van der Waals surface area contributed by atoms with E-state index in [4.69, 9.17) is 11.6 Å². The molecule has 8 nitrogen and oxygen atoms in total. The van der Waals surface area contributed by atoms with Gasteiger partial charge in [-0.1, -0.05) is 11.6 Å². The van der Waals surface area contributed by atoms with E-state index in [2.05, 4.69) is 4.72 Å². The molecule has 1 atom stereocenters. The molecular formula is C16H15ClN2O6S2. The van der Waals surface area contributed by atoms with Gasteiger partial charge in [0.15, 0.2) is 9.84 Å². The van der Waals surface area contributed by atoms with Crippen LogP contribution in [0.25, 0.3) is 0 Å². The van der Waals surface area contributed by atoms with Crippen LogP contribution in [-0.2, 0) is 19.9 Å². The van der Waals surface area contributed by atoms with Gasteiger partial charge in [-0.25, -0.2) is 21.6 Å².